The molecule has 0 atom stereocenters. The summed E-state index contributed by atoms with van der Waals surface area (Å²) in [5.74, 6) is 0.162. The van der Waals surface area contributed by atoms with Gasteiger partial charge in [0.25, 0.3) is 11.5 Å². The SMILES string of the molecule is COc1ccc(NC(=O)c2ccc(NC(=O)Cc3nn(C)c(=O)c4ccccc34)cc2)cc1. The maximum atomic E-state index is 12.6. The highest BCUT2D eigenvalue weighted by molar-refractivity contribution is 6.04. The average Bonchev–Trinajstić information content (AvgIpc) is 2.83. The molecule has 0 aliphatic heterocycles. The number of nitrogens with one attached hydrogen (secondary N) is 2. The second-order valence-electron chi connectivity index (χ2n) is 7.41. The van der Waals surface area contributed by atoms with Crippen LogP contribution in [0, 0.1) is 0 Å². The molecule has 1 aromatic heterocycles. The fourth-order valence-electron chi connectivity index (χ4n) is 3.45. The van der Waals surface area contributed by atoms with Gasteiger partial charge in [0.05, 0.1) is 24.6 Å². The van der Waals surface area contributed by atoms with E-state index in [1.165, 1.54) is 4.68 Å². The van der Waals surface area contributed by atoms with E-state index in [2.05, 4.69) is 15.7 Å². The third-order valence-corrected chi connectivity index (χ3v) is 5.14. The van der Waals surface area contributed by atoms with Crippen molar-refractivity contribution in [1.82, 2.24) is 9.78 Å². The molecule has 0 fully saturated rings. The zero-order chi connectivity index (χ0) is 23.4. The van der Waals surface area contributed by atoms with Gasteiger partial charge in [0.15, 0.2) is 0 Å². The number of hydrogen-bond donors (Lipinski definition) is 2. The first-order chi connectivity index (χ1) is 15.9. The zero-order valence-electron chi connectivity index (χ0n) is 18.2. The van der Waals surface area contributed by atoms with Crippen LogP contribution in [-0.4, -0.2) is 28.7 Å². The number of carbonyl (C=O) groups is 2. The van der Waals surface area contributed by atoms with Gasteiger partial charge in [-0.15, -0.1) is 0 Å². The summed E-state index contributed by atoms with van der Waals surface area (Å²) in [6.45, 7) is 0. The molecule has 0 bridgehead atoms. The van der Waals surface area contributed by atoms with E-state index in [0.29, 0.717) is 39.2 Å². The summed E-state index contributed by atoms with van der Waals surface area (Å²) in [4.78, 5) is 37.3. The van der Waals surface area contributed by atoms with Crippen molar-refractivity contribution in [2.24, 2.45) is 7.05 Å². The van der Waals surface area contributed by atoms with Crippen molar-refractivity contribution in [2.75, 3.05) is 17.7 Å². The van der Waals surface area contributed by atoms with Crippen LogP contribution in [-0.2, 0) is 18.3 Å². The van der Waals surface area contributed by atoms with E-state index in [-0.39, 0.29) is 23.8 Å². The van der Waals surface area contributed by atoms with Gasteiger partial charge in [0.2, 0.25) is 5.91 Å². The monoisotopic (exact) mass is 442 g/mol. The van der Waals surface area contributed by atoms with Crippen molar-refractivity contribution in [3.63, 3.8) is 0 Å². The minimum atomic E-state index is -0.276. The van der Waals surface area contributed by atoms with Gasteiger partial charge in [0, 0.05) is 29.4 Å². The lowest BCUT2D eigenvalue weighted by Gasteiger charge is -2.10. The van der Waals surface area contributed by atoms with Crippen LogP contribution in [0.4, 0.5) is 11.4 Å². The largest absolute Gasteiger partial charge is 0.497 e. The second-order valence-corrected chi connectivity index (χ2v) is 7.41. The second kappa shape index (κ2) is 9.35. The molecule has 166 valence electrons. The quantitative estimate of drug-likeness (QED) is 0.477. The predicted octanol–water partition coefficient (Wildman–Crippen LogP) is 3.38. The number of fused-ring (bicyclic) bond motifs is 1. The molecule has 0 unspecified atom stereocenters. The molecule has 0 aliphatic carbocycles. The predicted molar refractivity (Wildman–Crippen MR) is 127 cm³/mol. The van der Waals surface area contributed by atoms with E-state index >= 15 is 0 Å². The summed E-state index contributed by atoms with van der Waals surface area (Å²) in [5, 5.41) is 11.0. The van der Waals surface area contributed by atoms with Crippen LogP contribution in [0.25, 0.3) is 10.8 Å². The van der Waals surface area contributed by atoms with Crippen LogP contribution in [0.2, 0.25) is 0 Å². The summed E-state index contributed by atoms with van der Waals surface area (Å²) in [5.41, 5.74) is 1.96. The Kier molecular flexibility index (Phi) is 6.17. The van der Waals surface area contributed by atoms with Gasteiger partial charge < -0.3 is 15.4 Å². The summed E-state index contributed by atoms with van der Waals surface area (Å²) >= 11 is 0. The van der Waals surface area contributed by atoms with Crippen molar-refractivity contribution >= 4 is 34.0 Å². The summed E-state index contributed by atoms with van der Waals surface area (Å²) in [7, 11) is 3.14. The van der Waals surface area contributed by atoms with Crippen LogP contribution < -0.4 is 20.9 Å². The van der Waals surface area contributed by atoms with Gasteiger partial charge >= 0.3 is 0 Å². The number of rotatable bonds is 6. The highest BCUT2D eigenvalue weighted by atomic mass is 16.5. The number of aromatic nitrogens is 2. The normalized spacial score (nSPS) is 10.6. The molecule has 33 heavy (non-hydrogen) atoms. The van der Waals surface area contributed by atoms with Crippen LogP contribution in [0.15, 0.2) is 77.6 Å². The molecule has 0 aliphatic rings. The Morgan fingerprint density at radius 2 is 1.48 bits per heavy atom. The van der Waals surface area contributed by atoms with Crippen molar-refractivity contribution < 1.29 is 14.3 Å². The van der Waals surface area contributed by atoms with Crippen molar-refractivity contribution in [3.8, 4) is 5.75 Å². The van der Waals surface area contributed by atoms with Crippen LogP contribution in [0.3, 0.4) is 0 Å². The maximum Gasteiger partial charge on any atom is 0.274 e. The molecule has 4 aromatic rings. The molecule has 0 saturated carbocycles. The molecular weight excluding hydrogens is 420 g/mol. The molecule has 2 amide bonds. The number of anilines is 2. The van der Waals surface area contributed by atoms with Gasteiger partial charge in [-0.25, -0.2) is 4.68 Å². The third kappa shape index (κ3) is 4.90. The Labute approximate surface area is 189 Å². The Morgan fingerprint density at radius 1 is 0.879 bits per heavy atom. The fourth-order valence-corrected chi connectivity index (χ4v) is 3.45. The van der Waals surface area contributed by atoms with Gasteiger partial charge in [-0.05, 0) is 54.6 Å². The Hall–Kier alpha value is -4.46. The number of ether oxygens (including phenoxy) is 1. The minimum absolute atomic E-state index is 0.00827. The average molecular weight is 442 g/mol. The number of hydrogen-bond acceptors (Lipinski definition) is 5. The number of carbonyl (C=O) groups excluding carboxylic acids is 2. The van der Waals surface area contributed by atoms with Crippen molar-refractivity contribution in [3.05, 3.63) is 94.4 Å². The Balaban J connectivity index is 1.42. The first-order valence-corrected chi connectivity index (χ1v) is 10.2. The van der Waals surface area contributed by atoms with Crippen LogP contribution in [0.1, 0.15) is 16.1 Å². The highest BCUT2D eigenvalue weighted by Gasteiger charge is 2.13. The third-order valence-electron chi connectivity index (χ3n) is 5.14. The van der Waals surface area contributed by atoms with Crippen molar-refractivity contribution in [1.29, 1.82) is 0 Å². The van der Waals surface area contributed by atoms with E-state index in [1.54, 1.807) is 87.0 Å². The number of methoxy groups -OCH3 is 1. The number of nitrogens with zero attached hydrogens (tertiary/aromatic N) is 2. The van der Waals surface area contributed by atoms with Crippen molar-refractivity contribution in [2.45, 2.75) is 6.42 Å². The molecule has 8 nitrogen and oxygen atoms in total. The molecule has 0 radical (unpaired) electrons. The lowest BCUT2D eigenvalue weighted by atomic mass is 10.1. The minimum Gasteiger partial charge on any atom is -0.497 e. The van der Waals surface area contributed by atoms with E-state index in [9.17, 15) is 14.4 Å². The smallest absolute Gasteiger partial charge is 0.274 e. The lowest BCUT2D eigenvalue weighted by molar-refractivity contribution is -0.115. The van der Waals surface area contributed by atoms with E-state index in [4.69, 9.17) is 4.74 Å². The first kappa shape index (κ1) is 21.8. The zero-order valence-corrected chi connectivity index (χ0v) is 18.2. The topological polar surface area (TPSA) is 102 Å². The maximum absolute atomic E-state index is 12.6. The van der Waals surface area contributed by atoms with Gasteiger partial charge in [-0.1, -0.05) is 18.2 Å². The van der Waals surface area contributed by atoms with Gasteiger partial charge in [0.1, 0.15) is 5.75 Å². The lowest BCUT2D eigenvalue weighted by Crippen LogP contribution is -2.24. The summed E-state index contributed by atoms with van der Waals surface area (Å²) in [6.07, 6.45) is 0.00827. The highest BCUT2D eigenvalue weighted by Crippen LogP contribution is 2.18. The standard InChI is InChI=1S/C25H22N4O4/c1-29-25(32)21-6-4-3-5-20(21)22(28-29)15-23(30)26-17-9-7-16(8-10-17)24(31)27-18-11-13-19(33-2)14-12-18/h3-14H,15H2,1-2H3,(H,26,30)(H,27,31). The summed E-state index contributed by atoms with van der Waals surface area (Å²) < 4.78 is 6.34. The molecule has 0 saturated heterocycles. The molecule has 1 heterocycles. The van der Waals surface area contributed by atoms with Gasteiger partial charge in [-0.3, -0.25) is 14.4 Å². The number of amides is 2. The molecule has 8 heteroatoms. The van der Waals surface area contributed by atoms with E-state index in [1.807, 2.05) is 0 Å². The summed E-state index contributed by atoms with van der Waals surface area (Å²) in [6, 6.07) is 20.7. The Bertz CT molecular complexity index is 1380. The first-order valence-electron chi connectivity index (χ1n) is 10.2. The molecular formula is C25H22N4O4. The molecule has 4 rings (SSSR count). The van der Waals surface area contributed by atoms with Crippen LogP contribution in [0.5, 0.6) is 5.75 Å². The Morgan fingerprint density at radius 3 is 2.15 bits per heavy atom. The molecule has 2 N–H and O–H groups in total. The van der Waals surface area contributed by atoms with E-state index in [0.717, 1.165) is 0 Å². The molecule has 0 spiro atoms. The molecule has 3 aromatic carbocycles. The van der Waals surface area contributed by atoms with Gasteiger partial charge in [-0.2, -0.15) is 5.10 Å². The van der Waals surface area contributed by atoms with Crippen LogP contribution >= 0.6 is 0 Å². The number of aryl methyl sites for hydroxylation is 1. The number of benzene rings is 3. The fraction of sp³-hybridized carbons (Fsp3) is 0.120. The van der Waals surface area contributed by atoms with E-state index < -0.39 is 0 Å².